The molecule has 1 N–H and O–H groups in total. The van der Waals surface area contributed by atoms with Gasteiger partial charge in [0.2, 0.25) is 5.91 Å². The predicted molar refractivity (Wildman–Crippen MR) is 89.5 cm³/mol. The first-order chi connectivity index (χ1) is 10.4. The lowest BCUT2D eigenvalue weighted by molar-refractivity contribution is -0.121. The quantitative estimate of drug-likeness (QED) is 0.877. The molecule has 5 nitrogen and oxygen atoms in total. The van der Waals surface area contributed by atoms with Crippen LogP contribution in [0.5, 0.6) is 0 Å². The van der Waals surface area contributed by atoms with Gasteiger partial charge in [0.05, 0.1) is 11.5 Å². The van der Waals surface area contributed by atoms with Crippen molar-refractivity contribution in [3.8, 4) is 0 Å². The molecule has 1 atom stereocenters. The zero-order valence-electron chi connectivity index (χ0n) is 12.0. The maximum atomic E-state index is 12.0. The summed E-state index contributed by atoms with van der Waals surface area (Å²) in [4.78, 5) is 12.0. The second kappa shape index (κ2) is 6.04. The van der Waals surface area contributed by atoms with Gasteiger partial charge in [-0.2, -0.15) is 0 Å². The van der Waals surface area contributed by atoms with Crippen LogP contribution in [0.3, 0.4) is 0 Å². The third-order valence-corrected chi connectivity index (χ3v) is 6.17. The minimum atomic E-state index is -2.96. The fraction of sp³-hybridized carbons (Fsp3) is 0.400. The number of aryl methyl sites for hydroxylation is 1. The highest BCUT2D eigenvalue weighted by molar-refractivity contribution is 9.10. The largest absolute Gasteiger partial charge is 0.352 e. The van der Waals surface area contributed by atoms with E-state index in [0.717, 1.165) is 15.4 Å². The zero-order chi connectivity index (χ0) is 15.7. The number of amides is 1. The van der Waals surface area contributed by atoms with Crippen molar-refractivity contribution in [1.82, 2.24) is 9.88 Å². The van der Waals surface area contributed by atoms with Crippen LogP contribution in [0.15, 0.2) is 34.9 Å². The van der Waals surface area contributed by atoms with Crippen molar-refractivity contribution in [2.75, 3.05) is 11.5 Å². The molecule has 0 saturated carbocycles. The van der Waals surface area contributed by atoms with Gasteiger partial charge in [0.25, 0.3) is 0 Å². The molecule has 1 aromatic heterocycles. The number of benzene rings is 1. The topological polar surface area (TPSA) is 68.2 Å². The van der Waals surface area contributed by atoms with Crippen LogP contribution in [-0.4, -0.2) is 36.4 Å². The fourth-order valence-corrected chi connectivity index (χ4v) is 4.85. The minimum absolute atomic E-state index is 0.0687. The van der Waals surface area contributed by atoms with Crippen LogP contribution in [0.1, 0.15) is 12.8 Å². The first-order valence-corrected chi connectivity index (χ1v) is 9.78. The number of nitrogens with one attached hydrogen (secondary N) is 1. The zero-order valence-corrected chi connectivity index (χ0v) is 14.4. The smallest absolute Gasteiger partial charge is 0.222 e. The van der Waals surface area contributed by atoms with Crippen molar-refractivity contribution in [3.05, 3.63) is 34.9 Å². The van der Waals surface area contributed by atoms with Gasteiger partial charge in [-0.15, -0.1) is 0 Å². The van der Waals surface area contributed by atoms with Gasteiger partial charge in [-0.1, -0.05) is 15.9 Å². The summed E-state index contributed by atoms with van der Waals surface area (Å²) in [5, 5.41) is 3.94. The Bertz CT molecular complexity index is 813. The normalized spacial score (nSPS) is 20.3. The van der Waals surface area contributed by atoms with E-state index < -0.39 is 9.84 Å². The van der Waals surface area contributed by atoms with Crippen LogP contribution in [0.2, 0.25) is 0 Å². The Morgan fingerprint density at radius 3 is 2.91 bits per heavy atom. The molecule has 0 bridgehead atoms. The number of fused-ring (bicyclic) bond motifs is 1. The van der Waals surface area contributed by atoms with E-state index >= 15 is 0 Å². The Kier molecular flexibility index (Phi) is 4.27. The molecule has 0 unspecified atom stereocenters. The molecule has 1 aliphatic heterocycles. The van der Waals surface area contributed by atoms with Gasteiger partial charge in [-0.3, -0.25) is 4.79 Å². The molecular weight excluding hydrogens is 368 g/mol. The van der Waals surface area contributed by atoms with Crippen molar-refractivity contribution >= 4 is 42.6 Å². The average molecular weight is 385 g/mol. The molecule has 0 radical (unpaired) electrons. The highest BCUT2D eigenvalue weighted by atomic mass is 79.9. The molecule has 7 heteroatoms. The Balaban J connectivity index is 1.58. The van der Waals surface area contributed by atoms with Gasteiger partial charge < -0.3 is 9.88 Å². The highest BCUT2D eigenvalue weighted by Gasteiger charge is 2.28. The van der Waals surface area contributed by atoms with Crippen LogP contribution in [0.4, 0.5) is 0 Å². The van der Waals surface area contributed by atoms with Crippen molar-refractivity contribution in [1.29, 1.82) is 0 Å². The van der Waals surface area contributed by atoms with Crippen molar-refractivity contribution in [3.63, 3.8) is 0 Å². The number of hydrogen-bond donors (Lipinski definition) is 1. The number of carbonyl (C=O) groups excluding carboxylic acids is 1. The number of nitrogens with zero attached hydrogens (tertiary/aromatic N) is 1. The lowest BCUT2D eigenvalue weighted by atomic mass is 10.2. The van der Waals surface area contributed by atoms with E-state index in [4.69, 9.17) is 0 Å². The summed E-state index contributed by atoms with van der Waals surface area (Å²) in [5.41, 5.74) is 1.08. The van der Waals surface area contributed by atoms with E-state index in [9.17, 15) is 13.2 Å². The molecule has 1 amide bonds. The second-order valence-corrected chi connectivity index (χ2v) is 8.77. The van der Waals surface area contributed by atoms with Crippen LogP contribution < -0.4 is 5.32 Å². The molecule has 118 valence electrons. The second-order valence-electron chi connectivity index (χ2n) is 5.63. The molecule has 1 aliphatic rings. The standard InChI is InChI=1S/C15H17BrN2O3S/c16-12-1-2-14-11(9-12)3-6-18(14)7-4-15(19)17-13-5-8-22(20,21)10-13/h1-3,6,9,13H,4-5,7-8,10H2,(H,17,19)/t13-/m1/s1. The molecule has 3 rings (SSSR count). The molecule has 1 aromatic carbocycles. The van der Waals surface area contributed by atoms with E-state index in [-0.39, 0.29) is 23.5 Å². The number of aromatic nitrogens is 1. The van der Waals surface area contributed by atoms with E-state index in [2.05, 4.69) is 21.2 Å². The molecule has 2 aromatic rings. The van der Waals surface area contributed by atoms with Crippen molar-refractivity contribution in [2.24, 2.45) is 0 Å². The SMILES string of the molecule is O=C(CCn1ccc2cc(Br)ccc21)N[C@@H]1CCS(=O)(=O)C1. The summed E-state index contributed by atoms with van der Waals surface area (Å²) in [7, 11) is -2.96. The van der Waals surface area contributed by atoms with Gasteiger partial charge in [0.15, 0.2) is 9.84 Å². The summed E-state index contributed by atoms with van der Waals surface area (Å²) >= 11 is 3.44. The van der Waals surface area contributed by atoms with Crippen LogP contribution in [0.25, 0.3) is 10.9 Å². The molecule has 1 fully saturated rings. The van der Waals surface area contributed by atoms with Crippen LogP contribution in [0, 0.1) is 0 Å². The Labute approximate surface area is 137 Å². The van der Waals surface area contributed by atoms with E-state index in [1.54, 1.807) is 0 Å². The molecule has 22 heavy (non-hydrogen) atoms. The molecule has 1 saturated heterocycles. The summed E-state index contributed by atoms with van der Waals surface area (Å²) in [6.07, 6.45) is 2.83. The van der Waals surface area contributed by atoms with E-state index in [1.807, 2.05) is 35.0 Å². The highest BCUT2D eigenvalue weighted by Crippen LogP contribution is 2.21. The maximum Gasteiger partial charge on any atom is 0.222 e. The summed E-state index contributed by atoms with van der Waals surface area (Å²) < 4.78 is 25.8. The van der Waals surface area contributed by atoms with Gasteiger partial charge in [0.1, 0.15) is 0 Å². The summed E-state index contributed by atoms with van der Waals surface area (Å²) in [6, 6.07) is 7.81. The first-order valence-electron chi connectivity index (χ1n) is 7.17. The molecule has 2 heterocycles. The fourth-order valence-electron chi connectivity index (χ4n) is 2.80. The van der Waals surface area contributed by atoms with E-state index in [0.29, 0.717) is 19.4 Å². The minimum Gasteiger partial charge on any atom is -0.352 e. The number of rotatable bonds is 4. The lowest BCUT2D eigenvalue weighted by Crippen LogP contribution is -2.35. The average Bonchev–Trinajstić information content (AvgIpc) is 2.99. The third kappa shape index (κ3) is 3.52. The van der Waals surface area contributed by atoms with Gasteiger partial charge in [-0.25, -0.2) is 8.42 Å². The van der Waals surface area contributed by atoms with Crippen LogP contribution >= 0.6 is 15.9 Å². The van der Waals surface area contributed by atoms with Gasteiger partial charge in [0, 0.05) is 40.6 Å². The van der Waals surface area contributed by atoms with Crippen LogP contribution in [-0.2, 0) is 21.2 Å². The molecule has 0 aliphatic carbocycles. The molecular formula is C15H17BrN2O3S. The van der Waals surface area contributed by atoms with E-state index in [1.165, 1.54) is 0 Å². The predicted octanol–water partition coefficient (Wildman–Crippen LogP) is 2.10. The first kappa shape index (κ1) is 15.6. The number of sulfone groups is 1. The Morgan fingerprint density at radius 2 is 2.18 bits per heavy atom. The third-order valence-electron chi connectivity index (χ3n) is 3.91. The van der Waals surface area contributed by atoms with Crippen molar-refractivity contribution < 1.29 is 13.2 Å². The molecule has 0 spiro atoms. The maximum absolute atomic E-state index is 12.0. The number of halogens is 1. The number of hydrogen-bond acceptors (Lipinski definition) is 3. The van der Waals surface area contributed by atoms with Gasteiger partial charge >= 0.3 is 0 Å². The summed E-state index contributed by atoms with van der Waals surface area (Å²) in [6.45, 7) is 0.580. The lowest BCUT2D eigenvalue weighted by Gasteiger charge is -2.11. The Hall–Kier alpha value is -1.34. The Morgan fingerprint density at radius 1 is 1.36 bits per heavy atom. The van der Waals surface area contributed by atoms with Gasteiger partial charge in [-0.05, 0) is 30.7 Å². The van der Waals surface area contributed by atoms with Crippen molar-refractivity contribution in [2.45, 2.75) is 25.4 Å². The monoisotopic (exact) mass is 384 g/mol. The number of carbonyl (C=O) groups is 1. The summed E-state index contributed by atoms with van der Waals surface area (Å²) in [5.74, 6) is 0.148.